The molecule has 86 valence electrons. The molecule has 0 spiro atoms. The van der Waals surface area contributed by atoms with Gasteiger partial charge in [0.05, 0.1) is 12.3 Å². The Kier molecular flexibility index (Phi) is 2.79. The third-order valence-corrected chi connectivity index (χ3v) is 3.37. The van der Waals surface area contributed by atoms with Crippen molar-refractivity contribution in [2.45, 2.75) is 50.8 Å². The lowest BCUT2D eigenvalue weighted by Crippen LogP contribution is -2.25. The summed E-state index contributed by atoms with van der Waals surface area (Å²) in [5.74, 6) is 0.973. The van der Waals surface area contributed by atoms with Gasteiger partial charge in [-0.25, -0.2) is 0 Å². The van der Waals surface area contributed by atoms with Gasteiger partial charge in [-0.1, -0.05) is 0 Å². The number of nitrogens with zero attached hydrogens (tertiary/aromatic N) is 1. The van der Waals surface area contributed by atoms with Crippen LogP contribution in [0.5, 0.6) is 5.75 Å². The van der Waals surface area contributed by atoms with Gasteiger partial charge in [0, 0.05) is 24.3 Å². The van der Waals surface area contributed by atoms with Crippen molar-refractivity contribution in [3.8, 4) is 5.75 Å². The van der Waals surface area contributed by atoms with E-state index in [2.05, 4.69) is 16.4 Å². The highest BCUT2D eigenvalue weighted by molar-refractivity contribution is 5.30. The summed E-state index contributed by atoms with van der Waals surface area (Å²) >= 11 is 0. The lowest BCUT2D eigenvalue weighted by molar-refractivity contribution is 0.118. The molecule has 1 aromatic rings. The minimum Gasteiger partial charge on any atom is -0.488 e. The molecule has 0 aromatic carbocycles. The standard InChI is InChI=1S/C13H18N2O/c1-2-12(3-1)16-13-9-14-7-6-10(13)8-15-11-4-5-11/h6-7,9,11-12,15H,1-5,8H2. The largest absolute Gasteiger partial charge is 0.488 e. The molecule has 2 saturated carbocycles. The molecule has 2 aliphatic rings. The van der Waals surface area contributed by atoms with Crippen molar-refractivity contribution < 1.29 is 4.74 Å². The predicted molar refractivity (Wildman–Crippen MR) is 62.4 cm³/mol. The lowest BCUT2D eigenvalue weighted by Gasteiger charge is -2.27. The molecule has 2 aliphatic carbocycles. The summed E-state index contributed by atoms with van der Waals surface area (Å²) in [7, 11) is 0. The van der Waals surface area contributed by atoms with Gasteiger partial charge in [-0.2, -0.15) is 0 Å². The average molecular weight is 218 g/mol. The van der Waals surface area contributed by atoms with Crippen molar-refractivity contribution in [3.05, 3.63) is 24.0 Å². The van der Waals surface area contributed by atoms with Gasteiger partial charge < -0.3 is 10.1 Å². The second-order valence-corrected chi connectivity index (χ2v) is 4.81. The minimum absolute atomic E-state index is 0.434. The fourth-order valence-electron chi connectivity index (χ4n) is 1.87. The first-order valence-corrected chi connectivity index (χ1v) is 6.25. The number of hydrogen-bond donors (Lipinski definition) is 1. The van der Waals surface area contributed by atoms with E-state index in [1.807, 2.05) is 12.4 Å². The van der Waals surface area contributed by atoms with Crippen LogP contribution in [-0.2, 0) is 6.54 Å². The molecule has 0 amide bonds. The summed E-state index contributed by atoms with van der Waals surface area (Å²) in [4.78, 5) is 4.15. The monoisotopic (exact) mass is 218 g/mol. The predicted octanol–water partition coefficient (Wildman–Crippen LogP) is 2.26. The number of pyridine rings is 1. The summed E-state index contributed by atoms with van der Waals surface area (Å²) in [6, 6.07) is 2.80. The van der Waals surface area contributed by atoms with E-state index in [0.717, 1.165) is 18.3 Å². The maximum atomic E-state index is 5.93. The van der Waals surface area contributed by atoms with E-state index in [-0.39, 0.29) is 0 Å². The Morgan fingerprint density at radius 1 is 1.31 bits per heavy atom. The Labute approximate surface area is 96.2 Å². The molecule has 0 unspecified atom stereocenters. The normalized spacial score (nSPS) is 20.5. The Hall–Kier alpha value is -1.09. The van der Waals surface area contributed by atoms with Gasteiger partial charge in [-0.3, -0.25) is 4.98 Å². The molecular formula is C13H18N2O. The zero-order valence-corrected chi connectivity index (χ0v) is 9.48. The highest BCUT2D eigenvalue weighted by Crippen LogP contribution is 2.27. The van der Waals surface area contributed by atoms with Crippen LogP contribution in [0.15, 0.2) is 18.5 Å². The van der Waals surface area contributed by atoms with Crippen molar-refractivity contribution in [1.29, 1.82) is 0 Å². The molecular weight excluding hydrogens is 200 g/mol. The SMILES string of the molecule is c1cc(CNC2CC2)c(OC2CCC2)cn1. The molecule has 0 bridgehead atoms. The second kappa shape index (κ2) is 4.42. The Bertz CT molecular complexity index is 359. The quantitative estimate of drug-likeness (QED) is 0.823. The Balaban J connectivity index is 1.63. The highest BCUT2D eigenvalue weighted by atomic mass is 16.5. The van der Waals surface area contributed by atoms with Crippen LogP contribution >= 0.6 is 0 Å². The first-order chi connectivity index (χ1) is 7.92. The van der Waals surface area contributed by atoms with Crippen molar-refractivity contribution in [2.75, 3.05) is 0 Å². The molecule has 2 fully saturated rings. The summed E-state index contributed by atoms with van der Waals surface area (Å²) in [5, 5.41) is 3.51. The molecule has 3 rings (SSSR count). The molecule has 16 heavy (non-hydrogen) atoms. The van der Waals surface area contributed by atoms with Crippen molar-refractivity contribution in [1.82, 2.24) is 10.3 Å². The van der Waals surface area contributed by atoms with Crippen LogP contribution in [0, 0.1) is 0 Å². The molecule has 0 atom stereocenters. The molecule has 1 heterocycles. The third kappa shape index (κ3) is 2.35. The van der Waals surface area contributed by atoms with Crippen molar-refractivity contribution >= 4 is 0 Å². The van der Waals surface area contributed by atoms with Crippen LogP contribution in [0.3, 0.4) is 0 Å². The summed E-state index contributed by atoms with van der Waals surface area (Å²) in [5.41, 5.74) is 1.24. The van der Waals surface area contributed by atoms with Gasteiger partial charge in [-0.15, -0.1) is 0 Å². The van der Waals surface area contributed by atoms with E-state index in [0.29, 0.717) is 6.10 Å². The zero-order valence-electron chi connectivity index (χ0n) is 9.48. The first-order valence-electron chi connectivity index (χ1n) is 6.25. The minimum atomic E-state index is 0.434. The van der Waals surface area contributed by atoms with E-state index < -0.39 is 0 Å². The zero-order chi connectivity index (χ0) is 10.8. The number of aromatic nitrogens is 1. The van der Waals surface area contributed by atoms with Gasteiger partial charge in [0.2, 0.25) is 0 Å². The lowest BCUT2D eigenvalue weighted by atomic mass is 9.96. The highest BCUT2D eigenvalue weighted by Gasteiger charge is 2.22. The topological polar surface area (TPSA) is 34.1 Å². The Morgan fingerprint density at radius 3 is 2.88 bits per heavy atom. The maximum absolute atomic E-state index is 5.93. The van der Waals surface area contributed by atoms with Gasteiger partial charge >= 0.3 is 0 Å². The average Bonchev–Trinajstić information content (AvgIpc) is 3.05. The van der Waals surface area contributed by atoms with Crippen LogP contribution < -0.4 is 10.1 Å². The Morgan fingerprint density at radius 2 is 2.19 bits per heavy atom. The van der Waals surface area contributed by atoms with E-state index >= 15 is 0 Å². The van der Waals surface area contributed by atoms with Crippen molar-refractivity contribution in [3.63, 3.8) is 0 Å². The van der Waals surface area contributed by atoms with E-state index in [9.17, 15) is 0 Å². The maximum Gasteiger partial charge on any atom is 0.142 e. The van der Waals surface area contributed by atoms with Crippen LogP contribution in [-0.4, -0.2) is 17.1 Å². The third-order valence-electron chi connectivity index (χ3n) is 3.37. The van der Waals surface area contributed by atoms with Gasteiger partial charge in [0.15, 0.2) is 0 Å². The molecule has 0 radical (unpaired) electrons. The second-order valence-electron chi connectivity index (χ2n) is 4.81. The first kappa shape index (κ1) is 10.1. The van der Waals surface area contributed by atoms with Gasteiger partial charge in [-0.05, 0) is 38.2 Å². The fraction of sp³-hybridized carbons (Fsp3) is 0.615. The molecule has 0 saturated heterocycles. The number of hydrogen-bond acceptors (Lipinski definition) is 3. The molecule has 3 nitrogen and oxygen atoms in total. The van der Waals surface area contributed by atoms with Crippen molar-refractivity contribution in [2.24, 2.45) is 0 Å². The summed E-state index contributed by atoms with van der Waals surface area (Å²) in [6.45, 7) is 0.912. The van der Waals surface area contributed by atoms with E-state index in [1.54, 1.807) is 0 Å². The number of nitrogens with one attached hydrogen (secondary N) is 1. The number of ether oxygens (including phenoxy) is 1. The van der Waals surface area contributed by atoms with Gasteiger partial charge in [0.1, 0.15) is 5.75 Å². The summed E-state index contributed by atoms with van der Waals surface area (Å²) < 4.78 is 5.93. The van der Waals surface area contributed by atoms with Gasteiger partial charge in [0.25, 0.3) is 0 Å². The van der Waals surface area contributed by atoms with Crippen LogP contribution in [0.4, 0.5) is 0 Å². The van der Waals surface area contributed by atoms with E-state index in [1.165, 1.54) is 37.7 Å². The smallest absolute Gasteiger partial charge is 0.142 e. The molecule has 1 N–H and O–H groups in total. The van der Waals surface area contributed by atoms with Crippen LogP contribution in [0.2, 0.25) is 0 Å². The fourth-order valence-corrected chi connectivity index (χ4v) is 1.87. The number of rotatable bonds is 5. The van der Waals surface area contributed by atoms with Crippen LogP contribution in [0.1, 0.15) is 37.7 Å². The molecule has 3 heteroatoms. The molecule has 1 aromatic heterocycles. The van der Waals surface area contributed by atoms with Crippen LogP contribution in [0.25, 0.3) is 0 Å². The van der Waals surface area contributed by atoms with E-state index in [4.69, 9.17) is 4.74 Å². The molecule has 0 aliphatic heterocycles. The summed E-state index contributed by atoms with van der Waals surface area (Å²) in [6.07, 6.45) is 10.5.